The van der Waals surface area contributed by atoms with Crippen LogP contribution in [0.15, 0.2) is 17.4 Å². The summed E-state index contributed by atoms with van der Waals surface area (Å²) in [5.41, 5.74) is 3.08. The lowest BCUT2D eigenvalue weighted by atomic mass is 9.91. The molecule has 0 bridgehead atoms. The summed E-state index contributed by atoms with van der Waals surface area (Å²) < 4.78 is 92.7. The highest BCUT2D eigenvalue weighted by Gasteiger charge is 2.36. The van der Waals surface area contributed by atoms with Gasteiger partial charge in [-0.15, -0.1) is 0 Å². The number of hydrogen-bond donors (Lipinski definition) is 2. The molecule has 1 aromatic heterocycles. The zero-order valence-electron chi connectivity index (χ0n) is 19.8. The summed E-state index contributed by atoms with van der Waals surface area (Å²) in [5, 5.41) is 3.15. The van der Waals surface area contributed by atoms with Crippen LogP contribution in [0.2, 0.25) is 0 Å². The molecule has 202 valence electrons. The first-order valence-corrected chi connectivity index (χ1v) is 12.9. The van der Waals surface area contributed by atoms with Crippen LogP contribution in [0.25, 0.3) is 5.57 Å². The van der Waals surface area contributed by atoms with E-state index in [2.05, 4.69) is 27.2 Å². The molecule has 3 unspecified atom stereocenters. The summed E-state index contributed by atoms with van der Waals surface area (Å²) in [4.78, 5) is 10.8. The van der Waals surface area contributed by atoms with Gasteiger partial charge in [-0.05, 0) is 31.6 Å². The van der Waals surface area contributed by atoms with Gasteiger partial charge >= 0.3 is 12.4 Å². The van der Waals surface area contributed by atoms with Gasteiger partial charge in [-0.2, -0.15) is 26.3 Å². The highest BCUT2D eigenvalue weighted by molar-refractivity contribution is 7.83. The number of aromatic nitrogens is 2. The minimum Gasteiger partial charge on any atom is -0.404 e. The summed E-state index contributed by atoms with van der Waals surface area (Å²) in [5.74, 6) is 0.450. The van der Waals surface area contributed by atoms with Crippen molar-refractivity contribution in [1.82, 2.24) is 14.3 Å². The van der Waals surface area contributed by atoms with Gasteiger partial charge in [-0.1, -0.05) is 19.8 Å². The molecule has 3 N–H and O–H groups in total. The van der Waals surface area contributed by atoms with E-state index in [9.17, 15) is 30.6 Å². The minimum atomic E-state index is -4.86. The third-order valence-corrected chi connectivity index (χ3v) is 8.14. The zero-order chi connectivity index (χ0) is 26.5. The Labute approximate surface area is 208 Å². The topological polar surface area (TPSA) is 96.5 Å². The average molecular weight is 541 g/mol. The number of piperidine rings is 1. The normalized spacial score (nSPS) is 24.2. The molecule has 36 heavy (non-hydrogen) atoms. The maximum Gasteiger partial charge on any atom is 0.419 e. The summed E-state index contributed by atoms with van der Waals surface area (Å²) in [6.45, 7) is 1.72. The van der Waals surface area contributed by atoms with Gasteiger partial charge in [0.1, 0.15) is 12.1 Å². The molecule has 14 heteroatoms. The molecule has 0 radical (unpaired) electrons. The van der Waals surface area contributed by atoms with Gasteiger partial charge in [0.05, 0.1) is 16.7 Å². The lowest BCUT2D eigenvalue weighted by Gasteiger charge is -2.35. The molecule has 3 rings (SSSR count). The number of alkyl halides is 6. The molecule has 0 spiro atoms. The van der Waals surface area contributed by atoms with E-state index >= 15 is 0 Å². The van der Waals surface area contributed by atoms with Gasteiger partial charge in [0, 0.05) is 48.6 Å². The van der Waals surface area contributed by atoms with Crippen LogP contribution in [0, 0.1) is 5.92 Å². The molecular formula is C22H30F6N6OS. The fraction of sp³-hybridized carbons (Fsp3) is 0.682. The second-order valence-corrected chi connectivity index (χ2v) is 10.9. The lowest BCUT2D eigenvalue weighted by molar-refractivity contribution is -0.138. The van der Waals surface area contributed by atoms with E-state index in [0.717, 1.165) is 31.9 Å². The Morgan fingerprint density at radius 1 is 1.22 bits per heavy atom. The fourth-order valence-electron chi connectivity index (χ4n) is 4.44. The van der Waals surface area contributed by atoms with Crippen molar-refractivity contribution in [3.05, 3.63) is 23.7 Å². The molecule has 1 aliphatic heterocycles. The first-order valence-electron chi connectivity index (χ1n) is 11.7. The molecule has 7 nitrogen and oxygen atoms in total. The summed E-state index contributed by atoms with van der Waals surface area (Å²) in [6, 6.07) is -0.169. The fourth-order valence-corrected chi connectivity index (χ4v) is 6.30. The number of halogens is 6. The van der Waals surface area contributed by atoms with Crippen molar-refractivity contribution in [3.63, 3.8) is 0 Å². The van der Waals surface area contributed by atoms with E-state index in [0.29, 0.717) is 44.3 Å². The highest BCUT2D eigenvalue weighted by atomic mass is 32.2. The van der Waals surface area contributed by atoms with Gasteiger partial charge in [0.2, 0.25) is 5.95 Å². The number of hydrogen-bond acceptors (Lipinski definition) is 6. The molecule has 2 aliphatic rings. The Hall–Kier alpha value is -2.22. The van der Waals surface area contributed by atoms with Crippen LogP contribution < -0.4 is 11.1 Å². The summed E-state index contributed by atoms with van der Waals surface area (Å²) >= 11 is 0. The van der Waals surface area contributed by atoms with E-state index in [1.807, 2.05) is 4.31 Å². The van der Waals surface area contributed by atoms with Crippen molar-refractivity contribution in [3.8, 4) is 0 Å². The standard InChI is InChI=1S/C22H30F6N6OS/c1-14-3-2-4-17(9-14)36(35)34-7-5-16(6-8-34)32-20-31-12-18(22(26,27)28)19(33-20)15(10-29)11-30-13-21(23,24)25/h10-12,14,16-17H,2-9,13,29H2,1H3,(H,31,32,33)/b15-10+,30-11?. The third kappa shape index (κ3) is 7.89. The van der Waals surface area contributed by atoms with Gasteiger partial charge in [-0.25, -0.2) is 18.5 Å². The second kappa shape index (κ2) is 11.9. The largest absolute Gasteiger partial charge is 0.419 e. The number of rotatable bonds is 7. The van der Waals surface area contributed by atoms with Crippen LogP contribution in [-0.4, -0.2) is 61.8 Å². The quantitative estimate of drug-likeness (QED) is 0.391. The zero-order valence-corrected chi connectivity index (χ0v) is 20.6. The van der Waals surface area contributed by atoms with Crippen molar-refractivity contribution < 1.29 is 30.6 Å². The van der Waals surface area contributed by atoms with Gasteiger partial charge in [0.25, 0.3) is 0 Å². The Balaban J connectivity index is 1.69. The number of anilines is 1. The molecule has 0 aromatic carbocycles. The number of nitrogens with two attached hydrogens (primary N) is 1. The summed E-state index contributed by atoms with van der Waals surface area (Å²) in [7, 11) is -1.08. The molecular weight excluding hydrogens is 510 g/mol. The van der Waals surface area contributed by atoms with E-state index in [1.54, 1.807) is 0 Å². The van der Waals surface area contributed by atoms with Crippen LogP contribution in [0.4, 0.5) is 32.3 Å². The van der Waals surface area contributed by atoms with Crippen molar-refractivity contribution >= 4 is 28.7 Å². The van der Waals surface area contributed by atoms with Crippen LogP contribution >= 0.6 is 0 Å². The Kier molecular flexibility index (Phi) is 9.36. The molecule has 3 atom stereocenters. The predicted octanol–water partition coefficient (Wildman–Crippen LogP) is 4.55. The van der Waals surface area contributed by atoms with Crippen molar-refractivity contribution in [1.29, 1.82) is 0 Å². The summed E-state index contributed by atoms with van der Waals surface area (Å²) in [6.07, 6.45) is -2.28. The average Bonchev–Trinajstić information content (AvgIpc) is 2.80. The van der Waals surface area contributed by atoms with E-state index < -0.39 is 46.7 Å². The Morgan fingerprint density at radius 3 is 2.50 bits per heavy atom. The van der Waals surface area contributed by atoms with Crippen LogP contribution in [-0.2, 0) is 17.2 Å². The maximum absolute atomic E-state index is 13.5. The van der Waals surface area contributed by atoms with Crippen molar-refractivity contribution in [2.24, 2.45) is 16.6 Å². The van der Waals surface area contributed by atoms with Crippen LogP contribution in [0.5, 0.6) is 0 Å². The van der Waals surface area contributed by atoms with Gasteiger partial charge in [0.15, 0.2) is 0 Å². The maximum atomic E-state index is 13.5. The first kappa shape index (κ1) is 28.4. The Bertz CT molecular complexity index is 975. The smallest absolute Gasteiger partial charge is 0.404 e. The first-order chi connectivity index (χ1) is 16.9. The van der Waals surface area contributed by atoms with E-state index in [1.165, 1.54) is 0 Å². The number of nitrogens with one attached hydrogen (secondary N) is 1. The molecule has 2 fully saturated rings. The minimum absolute atomic E-state index is 0.109. The molecule has 1 saturated carbocycles. The molecule has 1 aromatic rings. The lowest BCUT2D eigenvalue weighted by Crippen LogP contribution is -2.43. The molecule has 1 aliphatic carbocycles. The van der Waals surface area contributed by atoms with Gasteiger partial charge in [-0.3, -0.25) is 4.99 Å². The van der Waals surface area contributed by atoms with Crippen molar-refractivity contribution in [2.45, 2.75) is 69.1 Å². The Morgan fingerprint density at radius 2 is 1.92 bits per heavy atom. The molecule has 0 amide bonds. The van der Waals surface area contributed by atoms with E-state index in [4.69, 9.17) is 5.73 Å². The van der Waals surface area contributed by atoms with E-state index in [-0.39, 0.29) is 17.2 Å². The van der Waals surface area contributed by atoms with Gasteiger partial charge < -0.3 is 11.1 Å². The number of allylic oxidation sites excluding steroid dienone is 1. The monoisotopic (exact) mass is 540 g/mol. The number of aliphatic imine (C=N–C) groups is 1. The second-order valence-electron chi connectivity index (χ2n) is 9.18. The SMILES string of the molecule is CC1CCCC(S(=O)N2CCC(Nc3ncc(C(F)(F)F)c(/C(C=NCC(F)(F)F)=C/N)n3)CC2)C1. The predicted molar refractivity (Wildman–Crippen MR) is 126 cm³/mol. The third-order valence-electron chi connectivity index (χ3n) is 6.26. The van der Waals surface area contributed by atoms with Crippen LogP contribution in [0.3, 0.4) is 0 Å². The highest BCUT2D eigenvalue weighted by Crippen LogP contribution is 2.34. The molecule has 2 heterocycles. The van der Waals surface area contributed by atoms with Crippen molar-refractivity contribution in [2.75, 3.05) is 25.0 Å². The molecule has 1 saturated heterocycles. The van der Waals surface area contributed by atoms with Crippen LogP contribution in [0.1, 0.15) is 56.7 Å². The number of nitrogens with zero attached hydrogens (tertiary/aromatic N) is 4.